The van der Waals surface area contributed by atoms with Crippen LogP contribution in [-0.2, 0) is 6.42 Å². The summed E-state index contributed by atoms with van der Waals surface area (Å²) in [6.45, 7) is 3.76. The van der Waals surface area contributed by atoms with Gasteiger partial charge in [-0.15, -0.1) is 0 Å². The van der Waals surface area contributed by atoms with Gasteiger partial charge in [-0.3, -0.25) is 0 Å². The lowest BCUT2D eigenvalue weighted by Gasteiger charge is -1.97. The van der Waals surface area contributed by atoms with E-state index in [0.29, 0.717) is 0 Å². The van der Waals surface area contributed by atoms with E-state index in [0.717, 1.165) is 15.9 Å². The SMILES string of the molecule is C=C(Br)Cc1ccc(Cl)cc1. The molecular weight excluding hydrogens is 223 g/mol. The van der Waals surface area contributed by atoms with Crippen molar-refractivity contribution >= 4 is 27.5 Å². The maximum Gasteiger partial charge on any atom is 0.0406 e. The van der Waals surface area contributed by atoms with Crippen LogP contribution in [0.2, 0.25) is 5.02 Å². The number of halogens is 2. The summed E-state index contributed by atoms with van der Waals surface area (Å²) < 4.78 is 0.986. The Labute approximate surface area is 80.0 Å². The topological polar surface area (TPSA) is 0 Å². The van der Waals surface area contributed by atoms with Crippen molar-refractivity contribution in [1.29, 1.82) is 0 Å². The Bertz CT molecular complexity index is 251. The van der Waals surface area contributed by atoms with Crippen LogP contribution >= 0.6 is 27.5 Å². The van der Waals surface area contributed by atoms with Crippen LogP contribution in [0.3, 0.4) is 0 Å². The van der Waals surface area contributed by atoms with Gasteiger partial charge in [0.05, 0.1) is 0 Å². The van der Waals surface area contributed by atoms with E-state index in [2.05, 4.69) is 22.5 Å². The Morgan fingerprint density at radius 2 is 1.91 bits per heavy atom. The lowest BCUT2D eigenvalue weighted by Crippen LogP contribution is -1.81. The van der Waals surface area contributed by atoms with Crippen molar-refractivity contribution in [3.8, 4) is 0 Å². The van der Waals surface area contributed by atoms with Crippen LogP contribution in [0, 0.1) is 0 Å². The molecule has 0 amide bonds. The molecule has 0 N–H and O–H groups in total. The van der Waals surface area contributed by atoms with Gasteiger partial charge in [0.15, 0.2) is 0 Å². The summed E-state index contributed by atoms with van der Waals surface area (Å²) >= 11 is 9.02. The first kappa shape index (κ1) is 8.82. The van der Waals surface area contributed by atoms with Gasteiger partial charge >= 0.3 is 0 Å². The van der Waals surface area contributed by atoms with E-state index < -0.39 is 0 Å². The third-order valence-electron chi connectivity index (χ3n) is 1.31. The highest BCUT2D eigenvalue weighted by atomic mass is 79.9. The van der Waals surface area contributed by atoms with Crippen molar-refractivity contribution in [3.63, 3.8) is 0 Å². The molecule has 58 valence electrons. The highest BCUT2D eigenvalue weighted by Gasteiger charge is 1.93. The minimum absolute atomic E-state index is 0.772. The van der Waals surface area contributed by atoms with Gasteiger partial charge in [-0.25, -0.2) is 0 Å². The zero-order chi connectivity index (χ0) is 8.27. The molecule has 0 fully saturated rings. The van der Waals surface area contributed by atoms with Crippen molar-refractivity contribution in [2.24, 2.45) is 0 Å². The van der Waals surface area contributed by atoms with Crippen molar-refractivity contribution in [1.82, 2.24) is 0 Å². The average Bonchev–Trinajstić information content (AvgIpc) is 1.93. The van der Waals surface area contributed by atoms with Crippen LogP contribution in [0.4, 0.5) is 0 Å². The molecule has 0 aliphatic heterocycles. The highest BCUT2D eigenvalue weighted by molar-refractivity contribution is 9.11. The standard InChI is InChI=1S/C9H8BrCl/c1-7(10)6-8-2-4-9(11)5-3-8/h2-5H,1,6H2. The predicted octanol–water partition coefficient (Wildman–Crippen LogP) is 3.79. The van der Waals surface area contributed by atoms with Gasteiger partial charge in [0.25, 0.3) is 0 Å². The van der Waals surface area contributed by atoms with Crippen molar-refractivity contribution < 1.29 is 0 Å². The summed E-state index contributed by atoms with van der Waals surface area (Å²) in [7, 11) is 0. The molecule has 0 nitrogen and oxygen atoms in total. The van der Waals surface area contributed by atoms with E-state index in [1.165, 1.54) is 5.56 Å². The largest absolute Gasteiger partial charge is 0.0885 e. The van der Waals surface area contributed by atoms with Crippen LogP contribution < -0.4 is 0 Å². The zero-order valence-electron chi connectivity index (χ0n) is 5.98. The summed E-state index contributed by atoms with van der Waals surface area (Å²) in [5.41, 5.74) is 1.22. The molecule has 0 aromatic heterocycles. The Balaban J connectivity index is 2.74. The molecule has 11 heavy (non-hydrogen) atoms. The first-order valence-electron chi connectivity index (χ1n) is 3.26. The Kier molecular flexibility index (Phi) is 3.16. The molecule has 0 radical (unpaired) electrons. The smallest absolute Gasteiger partial charge is 0.0406 e. The summed E-state index contributed by atoms with van der Waals surface area (Å²) in [5, 5.41) is 0.772. The summed E-state index contributed by atoms with van der Waals surface area (Å²) in [6, 6.07) is 7.75. The number of hydrogen-bond acceptors (Lipinski definition) is 0. The number of benzene rings is 1. The van der Waals surface area contributed by atoms with Gasteiger partial charge in [-0.1, -0.05) is 46.2 Å². The van der Waals surface area contributed by atoms with Gasteiger partial charge in [-0.05, 0) is 22.2 Å². The van der Waals surface area contributed by atoms with Crippen LogP contribution in [0.5, 0.6) is 0 Å². The van der Waals surface area contributed by atoms with Crippen molar-refractivity contribution in [2.75, 3.05) is 0 Å². The molecule has 0 unspecified atom stereocenters. The minimum atomic E-state index is 0.772. The summed E-state index contributed by atoms with van der Waals surface area (Å²) in [6.07, 6.45) is 0.858. The Hall–Kier alpha value is -0.270. The fraction of sp³-hybridized carbons (Fsp3) is 0.111. The fourth-order valence-electron chi connectivity index (χ4n) is 0.824. The number of rotatable bonds is 2. The lowest BCUT2D eigenvalue weighted by molar-refractivity contribution is 1.26. The van der Waals surface area contributed by atoms with Crippen LogP contribution in [0.15, 0.2) is 35.3 Å². The second-order valence-electron chi connectivity index (χ2n) is 2.32. The molecular formula is C9H8BrCl. The zero-order valence-corrected chi connectivity index (χ0v) is 8.32. The van der Waals surface area contributed by atoms with Gasteiger partial charge in [0.2, 0.25) is 0 Å². The van der Waals surface area contributed by atoms with Gasteiger partial charge in [0, 0.05) is 11.4 Å². The number of allylic oxidation sites excluding steroid dienone is 1. The van der Waals surface area contributed by atoms with Crippen molar-refractivity contribution in [3.05, 3.63) is 45.9 Å². The number of hydrogen-bond donors (Lipinski definition) is 0. The maximum absolute atomic E-state index is 5.71. The first-order chi connectivity index (χ1) is 5.18. The molecule has 2 heteroatoms. The van der Waals surface area contributed by atoms with Gasteiger partial charge in [-0.2, -0.15) is 0 Å². The molecule has 0 atom stereocenters. The van der Waals surface area contributed by atoms with E-state index in [4.69, 9.17) is 11.6 Å². The van der Waals surface area contributed by atoms with E-state index in [1.54, 1.807) is 0 Å². The second-order valence-corrected chi connectivity index (χ2v) is 3.88. The molecule has 1 aromatic rings. The second kappa shape index (κ2) is 3.93. The van der Waals surface area contributed by atoms with E-state index in [1.807, 2.05) is 24.3 Å². The molecule has 0 aliphatic rings. The minimum Gasteiger partial charge on any atom is -0.0885 e. The molecule has 0 aliphatic carbocycles. The monoisotopic (exact) mass is 230 g/mol. The molecule has 0 saturated heterocycles. The molecule has 0 spiro atoms. The average molecular weight is 232 g/mol. The molecule has 0 bridgehead atoms. The normalized spacial score (nSPS) is 9.64. The van der Waals surface area contributed by atoms with E-state index in [9.17, 15) is 0 Å². The molecule has 0 heterocycles. The maximum atomic E-state index is 5.71. The fourth-order valence-corrected chi connectivity index (χ4v) is 1.27. The third-order valence-corrected chi connectivity index (χ3v) is 1.84. The molecule has 1 aromatic carbocycles. The van der Waals surface area contributed by atoms with Crippen molar-refractivity contribution in [2.45, 2.75) is 6.42 Å². The lowest BCUT2D eigenvalue weighted by atomic mass is 10.2. The highest BCUT2D eigenvalue weighted by Crippen LogP contribution is 2.14. The molecule has 0 saturated carbocycles. The third kappa shape index (κ3) is 3.08. The predicted molar refractivity (Wildman–Crippen MR) is 53.2 cm³/mol. The van der Waals surface area contributed by atoms with Crippen LogP contribution in [0.25, 0.3) is 0 Å². The van der Waals surface area contributed by atoms with Gasteiger partial charge < -0.3 is 0 Å². The summed E-state index contributed by atoms with van der Waals surface area (Å²) in [5.74, 6) is 0. The Morgan fingerprint density at radius 1 is 1.36 bits per heavy atom. The van der Waals surface area contributed by atoms with E-state index >= 15 is 0 Å². The van der Waals surface area contributed by atoms with Gasteiger partial charge in [0.1, 0.15) is 0 Å². The van der Waals surface area contributed by atoms with Crippen LogP contribution in [-0.4, -0.2) is 0 Å². The van der Waals surface area contributed by atoms with Crippen LogP contribution in [0.1, 0.15) is 5.56 Å². The first-order valence-corrected chi connectivity index (χ1v) is 4.43. The van der Waals surface area contributed by atoms with E-state index in [-0.39, 0.29) is 0 Å². The summed E-state index contributed by atoms with van der Waals surface area (Å²) in [4.78, 5) is 0. The Morgan fingerprint density at radius 3 is 2.36 bits per heavy atom. The molecule has 1 rings (SSSR count). The quantitative estimate of drug-likeness (QED) is 0.726.